The molecule has 3 atom stereocenters. The molecule has 2 aromatic rings. The van der Waals surface area contributed by atoms with Crippen molar-refractivity contribution >= 4 is 5.69 Å². The van der Waals surface area contributed by atoms with Crippen LogP contribution in [0.2, 0.25) is 0 Å². The Kier molecular flexibility index (Phi) is 2.84. The first kappa shape index (κ1) is 11.8. The normalized spacial score (nSPS) is 26.9. The van der Waals surface area contributed by atoms with E-state index in [4.69, 9.17) is 0 Å². The third kappa shape index (κ3) is 2.03. The Bertz CT molecular complexity index is 612. The summed E-state index contributed by atoms with van der Waals surface area (Å²) >= 11 is 0. The fourth-order valence-corrected chi connectivity index (χ4v) is 3.49. The van der Waals surface area contributed by atoms with Gasteiger partial charge in [0, 0.05) is 17.6 Å². The van der Waals surface area contributed by atoms with Crippen LogP contribution in [0.25, 0.3) is 11.1 Å². The Morgan fingerprint density at radius 2 is 1.60 bits per heavy atom. The monoisotopic (exact) mass is 261 g/mol. The summed E-state index contributed by atoms with van der Waals surface area (Å²) in [4.78, 5) is 0. The number of allylic oxidation sites excluding steroid dienone is 1. The highest BCUT2D eigenvalue weighted by molar-refractivity contribution is 5.66. The molecule has 0 aliphatic heterocycles. The average molecular weight is 261 g/mol. The first-order chi connectivity index (χ1) is 9.90. The molecule has 1 N–H and O–H groups in total. The maximum absolute atomic E-state index is 3.68. The number of anilines is 1. The lowest BCUT2D eigenvalue weighted by molar-refractivity contribution is 0.218. The van der Waals surface area contributed by atoms with E-state index in [1.165, 1.54) is 29.7 Å². The van der Waals surface area contributed by atoms with E-state index in [0.29, 0.717) is 6.04 Å². The van der Waals surface area contributed by atoms with Crippen LogP contribution >= 0.6 is 0 Å². The van der Waals surface area contributed by atoms with Gasteiger partial charge >= 0.3 is 0 Å². The van der Waals surface area contributed by atoms with Gasteiger partial charge in [0.15, 0.2) is 0 Å². The second-order valence-electron chi connectivity index (χ2n) is 5.93. The molecule has 2 aliphatic carbocycles. The molecule has 100 valence electrons. The van der Waals surface area contributed by atoms with Crippen molar-refractivity contribution in [2.75, 3.05) is 5.32 Å². The summed E-state index contributed by atoms with van der Waals surface area (Å²) in [5, 5.41) is 3.68. The summed E-state index contributed by atoms with van der Waals surface area (Å²) in [6.07, 6.45) is 7.34. The molecule has 0 aromatic heterocycles. The molecule has 0 heterocycles. The molecule has 1 saturated carbocycles. The molecule has 0 bridgehead atoms. The van der Waals surface area contributed by atoms with E-state index < -0.39 is 0 Å². The SMILES string of the molecule is C1=CC2C(C1)CC2Nc1ccc(-c2ccccc2)cc1. The highest BCUT2D eigenvalue weighted by Crippen LogP contribution is 2.44. The van der Waals surface area contributed by atoms with Gasteiger partial charge in [0.05, 0.1) is 0 Å². The molecule has 20 heavy (non-hydrogen) atoms. The summed E-state index contributed by atoms with van der Waals surface area (Å²) < 4.78 is 0. The first-order valence-corrected chi connectivity index (χ1v) is 7.49. The number of rotatable bonds is 3. The van der Waals surface area contributed by atoms with E-state index in [1.807, 2.05) is 0 Å². The summed E-state index contributed by atoms with van der Waals surface area (Å²) in [7, 11) is 0. The minimum absolute atomic E-state index is 0.640. The van der Waals surface area contributed by atoms with Crippen LogP contribution in [0, 0.1) is 11.8 Å². The summed E-state index contributed by atoms with van der Waals surface area (Å²) in [5.41, 5.74) is 3.80. The van der Waals surface area contributed by atoms with Crippen molar-refractivity contribution in [1.29, 1.82) is 0 Å². The van der Waals surface area contributed by atoms with Crippen molar-refractivity contribution in [2.45, 2.75) is 18.9 Å². The van der Waals surface area contributed by atoms with Gasteiger partial charge in [0.25, 0.3) is 0 Å². The van der Waals surface area contributed by atoms with Gasteiger partial charge in [-0.15, -0.1) is 0 Å². The van der Waals surface area contributed by atoms with Crippen LogP contribution in [-0.4, -0.2) is 6.04 Å². The summed E-state index contributed by atoms with van der Waals surface area (Å²) in [6.45, 7) is 0. The van der Waals surface area contributed by atoms with Gasteiger partial charge < -0.3 is 5.32 Å². The number of benzene rings is 2. The first-order valence-electron chi connectivity index (χ1n) is 7.49. The Morgan fingerprint density at radius 1 is 0.850 bits per heavy atom. The molecule has 4 rings (SSSR count). The van der Waals surface area contributed by atoms with Gasteiger partial charge in [-0.1, -0.05) is 54.6 Å². The fraction of sp³-hybridized carbons (Fsp3) is 0.263. The molecule has 0 spiro atoms. The zero-order valence-electron chi connectivity index (χ0n) is 11.5. The molecule has 3 unspecified atom stereocenters. The van der Waals surface area contributed by atoms with E-state index in [0.717, 1.165) is 11.8 Å². The van der Waals surface area contributed by atoms with Crippen LogP contribution in [0.1, 0.15) is 12.8 Å². The molecule has 0 radical (unpaired) electrons. The third-order valence-corrected chi connectivity index (χ3v) is 4.71. The molecular formula is C19H19N. The molecule has 1 heteroatoms. The quantitative estimate of drug-likeness (QED) is 0.788. The minimum Gasteiger partial charge on any atom is -0.382 e. The Balaban J connectivity index is 1.47. The maximum Gasteiger partial charge on any atom is 0.0342 e. The highest BCUT2D eigenvalue weighted by atomic mass is 14.9. The largest absolute Gasteiger partial charge is 0.382 e. The van der Waals surface area contributed by atoms with Gasteiger partial charge in [0.2, 0.25) is 0 Å². The predicted octanol–water partition coefficient (Wildman–Crippen LogP) is 4.73. The zero-order chi connectivity index (χ0) is 13.4. The second kappa shape index (κ2) is 4.82. The number of fused-ring (bicyclic) bond motifs is 1. The van der Waals surface area contributed by atoms with Crippen LogP contribution in [0.3, 0.4) is 0 Å². The van der Waals surface area contributed by atoms with E-state index in [-0.39, 0.29) is 0 Å². The van der Waals surface area contributed by atoms with Crippen molar-refractivity contribution in [3.05, 3.63) is 66.7 Å². The standard InChI is InChI=1S/C19H19N/c1-2-5-14(6-3-1)15-9-11-17(12-10-15)20-19-13-16-7-4-8-18(16)19/h1-6,8-12,16,18-20H,7,13H2. The predicted molar refractivity (Wildman–Crippen MR) is 84.6 cm³/mol. The smallest absolute Gasteiger partial charge is 0.0342 e. The van der Waals surface area contributed by atoms with Crippen molar-refractivity contribution in [3.8, 4) is 11.1 Å². The highest BCUT2D eigenvalue weighted by Gasteiger charge is 2.40. The van der Waals surface area contributed by atoms with Gasteiger partial charge in [0.1, 0.15) is 0 Å². The molecule has 2 aromatic carbocycles. The van der Waals surface area contributed by atoms with Gasteiger partial charge in [-0.05, 0) is 42.0 Å². The Hall–Kier alpha value is -2.02. The van der Waals surface area contributed by atoms with E-state index >= 15 is 0 Å². The van der Waals surface area contributed by atoms with E-state index in [1.54, 1.807) is 0 Å². The van der Waals surface area contributed by atoms with E-state index in [9.17, 15) is 0 Å². The van der Waals surface area contributed by atoms with Gasteiger partial charge in [-0.25, -0.2) is 0 Å². The summed E-state index contributed by atoms with van der Waals surface area (Å²) in [5.74, 6) is 1.68. The topological polar surface area (TPSA) is 12.0 Å². The second-order valence-corrected chi connectivity index (χ2v) is 5.93. The van der Waals surface area contributed by atoms with Gasteiger partial charge in [-0.3, -0.25) is 0 Å². The van der Waals surface area contributed by atoms with Crippen LogP contribution in [0.15, 0.2) is 66.7 Å². The fourth-order valence-electron chi connectivity index (χ4n) is 3.49. The molecule has 1 fully saturated rings. The van der Waals surface area contributed by atoms with Crippen molar-refractivity contribution in [3.63, 3.8) is 0 Å². The van der Waals surface area contributed by atoms with Crippen LogP contribution in [-0.2, 0) is 0 Å². The lowest BCUT2D eigenvalue weighted by Gasteiger charge is -2.41. The summed E-state index contributed by atoms with van der Waals surface area (Å²) in [6, 6.07) is 20.0. The minimum atomic E-state index is 0.640. The number of nitrogens with one attached hydrogen (secondary N) is 1. The van der Waals surface area contributed by atoms with Crippen LogP contribution in [0.5, 0.6) is 0 Å². The van der Waals surface area contributed by atoms with Crippen LogP contribution in [0.4, 0.5) is 5.69 Å². The molecule has 2 aliphatic rings. The number of hydrogen-bond acceptors (Lipinski definition) is 1. The number of hydrogen-bond donors (Lipinski definition) is 1. The van der Waals surface area contributed by atoms with Crippen molar-refractivity contribution < 1.29 is 0 Å². The van der Waals surface area contributed by atoms with Crippen molar-refractivity contribution in [2.24, 2.45) is 11.8 Å². The molecule has 0 amide bonds. The lowest BCUT2D eigenvalue weighted by Crippen LogP contribution is -2.43. The Morgan fingerprint density at radius 3 is 2.35 bits per heavy atom. The van der Waals surface area contributed by atoms with Crippen molar-refractivity contribution in [1.82, 2.24) is 0 Å². The Labute approximate surface area is 120 Å². The molecular weight excluding hydrogens is 242 g/mol. The van der Waals surface area contributed by atoms with Crippen LogP contribution < -0.4 is 5.32 Å². The van der Waals surface area contributed by atoms with E-state index in [2.05, 4.69) is 72.1 Å². The maximum atomic E-state index is 3.68. The van der Waals surface area contributed by atoms with Gasteiger partial charge in [-0.2, -0.15) is 0 Å². The average Bonchev–Trinajstić information content (AvgIpc) is 2.88. The molecule has 1 nitrogen and oxygen atoms in total. The third-order valence-electron chi connectivity index (χ3n) is 4.71. The molecule has 0 saturated heterocycles. The zero-order valence-corrected chi connectivity index (χ0v) is 11.5. The lowest BCUT2D eigenvalue weighted by atomic mass is 9.71.